The summed E-state index contributed by atoms with van der Waals surface area (Å²) in [5.74, 6) is 4.42. The van der Waals surface area contributed by atoms with Gasteiger partial charge in [0.15, 0.2) is 5.82 Å². The Labute approximate surface area is 226 Å². The molecule has 1 aromatic carbocycles. The third-order valence-corrected chi connectivity index (χ3v) is 10.9. The number of hydrogen-bond acceptors (Lipinski definition) is 6. The molecule has 1 saturated carbocycles. The predicted molar refractivity (Wildman–Crippen MR) is 154 cm³/mol. The van der Waals surface area contributed by atoms with Crippen molar-refractivity contribution >= 4 is 29.5 Å². The highest BCUT2D eigenvalue weighted by Gasteiger charge is 2.28. The van der Waals surface area contributed by atoms with E-state index in [0.717, 1.165) is 28.8 Å². The molecule has 4 nitrogen and oxygen atoms in total. The lowest BCUT2D eigenvalue weighted by Gasteiger charge is -2.28. The number of carbonyl (C=O) groups is 1. The first-order chi connectivity index (χ1) is 17.7. The summed E-state index contributed by atoms with van der Waals surface area (Å²) in [6.07, 6.45) is 18.4. The zero-order chi connectivity index (χ0) is 25.2. The Morgan fingerprint density at radius 3 is 2.19 bits per heavy atom. The SMILES string of the molecule is CCCCC[C@H]1SC[C@H](C(=O)Oc2ccc(-c3ncc([C@H]4CC[C@H](CCCC)CC4)cn3)cc2)CS1. The number of esters is 1. The minimum atomic E-state index is -0.111. The zero-order valence-corrected chi connectivity index (χ0v) is 23.6. The van der Waals surface area contributed by atoms with Gasteiger partial charge in [-0.25, -0.2) is 9.97 Å². The zero-order valence-electron chi connectivity index (χ0n) is 22.0. The molecule has 2 aromatic rings. The smallest absolute Gasteiger partial charge is 0.316 e. The Kier molecular flexibility index (Phi) is 11.0. The lowest BCUT2D eigenvalue weighted by Crippen LogP contribution is -2.29. The Bertz CT molecular complexity index is 919. The summed E-state index contributed by atoms with van der Waals surface area (Å²) < 4.78 is 6.34. The van der Waals surface area contributed by atoms with Gasteiger partial charge in [-0.1, -0.05) is 52.4 Å². The van der Waals surface area contributed by atoms with Gasteiger partial charge < -0.3 is 4.74 Å². The Balaban J connectivity index is 1.24. The number of nitrogens with zero attached hydrogens (tertiary/aromatic N) is 2. The fourth-order valence-corrected chi connectivity index (χ4v) is 8.33. The summed E-state index contributed by atoms with van der Waals surface area (Å²) in [7, 11) is 0. The maximum absolute atomic E-state index is 12.7. The number of unbranched alkanes of at least 4 members (excludes halogenated alkanes) is 3. The largest absolute Gasteiger partial charge is 0.426 e. The van der Waals surface area contributed by atoms with Crippen LogP contribution in [0.4, 0.5) is 0 Å². The molecular formula is C30H42N2O2S2. The van der Waals surface area contributed by atoms with Crippen LogP contribution in [0.15, 0.2) is 36.7 Å². The van der Waals surface area contributed by atoms with E-state index in [4.69, 9.17) is 4.74 Å². The Morgan fingerprint density at radius 1 is 0.889 bits per heavy atom. The fraction of sp³-hybridized carbons (Fsp3) is 0.633. The standard InChI is InChI=1S/C30H42N2O2S2/c1-3-5-7-9-28-35-20-26(21-36-28)30(33)34-27-16-14-24(15-17-27)29-31-18-25(19-32-29)23-12-10-22(11-13-23)8-6-4-2/h14-19,22-23,26,28H,3-13,20-21H2,1-2H3/t22-,23-,26-,28-. The van der Waals surface area contributed by atoms with Gasteiger partial charge >= 0.3 is 5.97 Å². The summed E-state index contributed by atoms with van der Waals surface area (Å²) in [5.41, 5.74) is 2.22. The van der Waals surface area contributed by atoms with Crippen LogP contribution in [0.5, 0.6) is 5.75 Å². The summed E-state index contributed by atoms with van der Waals surface area (Å²) in [6, 6.07) is 7.62. The summed E-state index contributed by atoms with van der Waals surface area (Å²) in [4.78, 5) is 22.0. The molecule has 2 heterocycles. The van der Waals surface area contributed by atoms with E-state index in [2.05, 4.69) is 23.8 Å². The first-order valence-corrected chi connectivity index (χ1v) is 16.1. The molecule has 2 aliphatic rings. The Hall–Kier alpha value is -1.53. The minimum Gasteiger partial charge on any atom is -0.426 e. The predicted octanol–water partition coefficient (Wildman–Crippen LogP) is 8.52. The third-order valence-electron chi connectivity index (χ3n) is 7.63. The average Bonchev–Trinajstić information content (AvgIpc) is 2.93. The molecular weight excluding hydrogens is 484 g/mol. The van der Waals surface area contributed by atoms with Crippen molar-refractivity contribution in [3.8, 4) is 17.1 Å². The normalized spacial score (nSPS) is 24.4. The van der Waals surface area contributed by atoms with Crippen LogP contribution < -0.4 is 4.74 Å². The molecule has 1 saturated heterocycles. The van der Waals surface area contributed by atoms with E-state index in [1.165, 1.54) is 76.2 Å². The van der Waals surface area contributed by atoms with Crippen LogP contribution in [-0.2, 0) is 4.79 Å². The number of hydrogen-bond donors (Lipinski definition) is 0. The van der Waals surface area contributed by atoms with Crippen molar-refractivity contribution in [3.63, 3.8) is 0 Å². The third kappa shape index (κ3) is 7.98. The molecule has 0 bridgehead atoms. The Morgan fingerprint density at radius 2 is 1.56 bits per heavy atom. The van der Waals surface area contributed by atoms with Crippen LogP contribution in [0.1, 0.15) is 96.0 Å². The van der Waals surface area contributed by atoms with Crippen molar-refractivity contribution in [2.75, 3.05) is 11.5 Å². The second kappa shape index (κ2) is 14.4. The van der Waals surface area contributed by atoms with Crippen LogP contribution in [0.2, 0.25) is 0 Å². The molecule has 1 aliphatic carbocycles. The van der Waals surface area contributed by atoms with E-state index < -0.39 is 0 Å². The van der Waals surface area contributed by atoms with Crippen molar-refractivity contribution in [2.45, 2.75) is 95.0 Å². The van der Waals surface area contributed by atoms with Gasteiger partial charge in [-0.3, -0.25) is 4.79 Å². The molecule has 6 heteroatoms. The topological polar surface area (TPSA) is 52.1 Å². The van der Waals surface area contributed by atoms with Crippen LogP contribution >= 0.6 is 23.5 Å². The van der Waals surface area contributed by atoms with Crippen molar-refractivity contribution in [1.29, 1.82) is 0 Å². The maximum atomic E-state index is 12.7. The van der Waals surface area contributed by atoms with Gasteiger partial charge in [-0.05, 0) is 73.8 Å². The first kappa shape index (κ1) is 27.5. The molecule has 0 spiro atoms. The lowest BCUT2D eigenvalue weighted by atomic mass is 9.78. The number of rotatable bonds is 11. The fourth-order valence-electron chi connectivity index (χ4n) is 5.25. The summed E-state index contributed by atoms with van der Waals surface area (Å²) in [5, 5.41) is 0. The van der Waals surface area contributed by atoms with Crippen molar-refractivity contribution in [3.05, 3.63) is 42.2 Å². The van der Waals surface area contributed by atoms with Crippen LogP contribution in [-0.4, -0.2) is 32.0 Å². The second-order valence-electron chi connectivity index (χ2n) is 10.4. The van der Waals surface area contributed by atoms with Crippen molar-refractivity contribution < 1.29 is 9.53 Å². The molecule has 1 aromatic heterocycles. The van der Waals surface area contributed by atoms with Gasteiger partial charge in [-0.15, -0.1) is 23.5 Å². The molecule has 0 radical (unpaired) electrons. The van der Waals surface area contributed by atoms with E-state index in [-0.39, 0.29) is 11.9 Å². The monoisotopic (exact) mass is 526 g/mol. The lowest BCUT2D eigenvalue weighted by molar-refractivity contribution is -0.137. The van der Waals surface area contributed by atoms with E-state index in [1.54, 1.807) is 0 Å². The molecule has 0 atom stereocenters. The molecule has 36 heavy (non-hydrogen) atoms. The second-order valence-corrected chi connectivity index (χ2v) is 13.2. The first-order valence-electron chi connectivity index (χ1n) is 14.0. The van der Waals surface area contributed by atoms with E-state index >= 15 is 0 Å². The van der Waals surface area contributed by atoms with Gasteiger partial charge in [0.1, 0.15) is 5.75 Å². The number of benzene rings is 1. The van der Waals surface area contributed by atoms with E-state index in [9.17, 15) is 4.79 Å². The number of aromatic nitrogens is 2. The molecule has 0 N–H and O–H groups in total. The van der Waals surface area contributed by atoms with Gasteiger partial charge in [0.05, 0.1) is 10.5 Å². The molecule has 196 valence electrons. The number of thioether (sulfide) groups is 2. The molecule has 2 fully saturated rings. The van der Waals surface area contributed by atoms with Crippen molar-refractivity contribution in [1.82, 2.24) is 9.97 Å². The minimum absolute atomic E-state index is 0.0281. The summed E-state index contributed by atoms with van der Waals surface area (Å²) in [6.45, 7) is 4.52. The number of ether oxygens (including phenoxy) is 1. The van der Waals surface area contributed by atoms with Gasteiger partial charge in [-0.2, -0.15) is 0 Å². The van der Waals surface area contributed by atoms with E-state index in [1.807, 2.05) is 60.2 Å². The van der Waals surface area contributed by atoms with Gasteiger partial charge in [0, 0.05) is 29.5 Å². The van der Waals surface area contributed by atoms with E-state index in [0.29, 0.717) is 16.2 Å². The quantitative estimate of drug-likeness (QED) is 0.166. The molecule has 1 aliphatic heterocycles. The molecule has 0 unspecified atom stereocenters. The van der Waals surface area contributed by atoms with Crippen LogP contribution in [0.3, 0.4) is 0 Å². The van der Waals surface area contributed by atoms with Crippen molar-refractivity contribution in [2.24, 2.45) is 11.8 Å². The highest BCUT2D eigenvalue weighted by atomic mass is 32.2. The molecule has 0 amide bonds. The highest BCUT2D eigenvalue weighted by Crippen LogP contribution is 2.38. The van der Waals surface area contributed by atoms with Gasteiger partial charge in [0.25, 0.3) is 0 Å². The van der Waals surface area contributed by atoms with Crippen LogP contribution in [0, 0.1) is 11.8 Å². The van der Waals surface area contributed by atoms with Crippen LogP contribution in [0.25, 0.3) is 11.4 Å². The average molecular weight is 527 g/mol. The maximum Gasteiger partial charge on any atom is 0.316 e. The van der Waals surface area contributed by atoms with Gasteiger partial charge in [0.2, 0.25) is 0 Å². The number of carbonyl (C=O) groups excluding carboxylic acids is 1. The summed E-state index contributed by atoms with van der Waals surface area (Å²) >= 11 is 3.84. The highest BCUT2D eigenvalue weighted by molar-refractivity contribution is 8.17. The molecule has 4 rings (SSSR count).